The van der Waals surface area contributed by atoms with Gasteiger partial charge in [0.25, 0.3) is 0 Å². The Morgan fingerprint density at radius 1 is 1.70 bits per heavy atom. The fourth-order valence-corrected chi connectivity index (χ4v) is 2.43. The number of nitrogens with zero attached hydrogens (tertiary/aromatic N) is 1. The van der Waals surface area contributed by atoms with E-state index >= 15 is 0 Å². The molecule has 0 aliphatic heterocycles. The van der Waals surface area contributed by atoms with Gasteiger partial charge in [-0.15, -0.1) is 11.3 Å². The Labute approximate surface area is 72.2 Å². The summed E-state index contributed by atoms with van der Waals surface area (Å²) in [7, 11) is -2.34. The Kier molecular flexibility index (Phi) is 2.82. The predicted octanol–water partition coefficient (Wildman–Crippen LogP) is 1.02. The number of thiazole rings is 1. The van der Waals surface area contributed by atoms with Crippen molar-refractivity contribution < 1.29 is 8.42 Å². The van der Waals surface area contributed by atoms with Gasteiger partial charge < -0.3 is 0 Å². The van der Waals surface area contributed by atoms with E-state index in [1.165, 1.54) is 11.3 Å². The molecule has 0 unspecified atom stereocenters. The SMILES string of the molecule is O=[SH](=O)Cc1nc(Br)cs1. The fourth-order valence-electron chi connectivity index (χ4n) is 0.472. The van der Waals surface area contributed by atoms with Gasteiger partial charge in [0.2, 0.25) is 0 Å². The Balaban J connectivity index is 2.76. The van der Waals surface area contributed by atoms with Gasteiger partial charge in [0.15, 0.2) is 0 Å². The molecule has 1 aromatic rings. The maximum atomic E-state index is 10.2. The molecule has 3 nitrogen and oxygen atoms in total. The summed E-state index contributed by atoms with van der Waals surface area (Å²) in [5, 5.41) is 2.39. The van der Waals surface area contributed by atoms with Crippen molar-refractivity contribution >= 4 is 38.0 Å². The third kappa shape index (κ3) is 2.36. The van der Waals surface area contributed by atoms with Crippen molar-refractivity contribution in [1.82, 2.24) is 4.98 Å². The minimum atomic E-state index is -2.34. The highest BCUT2D eigenvalue weighted by Gasteiger charge is 1.98. The van der Waals surface area contributed by atoms with Crippen molar-refractivity contribution in [3.05, 3.63) is 15.0 Å². The van der Waals surface area contributed by atoms with Gasteiger partial charge in [-0.2, -0.15) is 0 Å². The second-order valence-electron chi connectivity index (χ2n) is 1.55. The highest BCUT2D eigenvalue weighted by Crippen LogP contribution is 2.14. The first-order chi connectivity index (χ1) is 4.68. The fraction of sp³-hybridized carbons (Fsp3) is 0.250. The summed E-state index contributed by atoms with van der Waals surface area (Å²) in [6, 6.07) is 0. The lowest BCUT2D eigenvalue weighted by Gasteiger charge is -1.80. The second-order valence-corrected chi connectivity index (χ2v) is 4.29. The van der Waals surface area contributed by atoms with E-state index in [1.807, 2.05) is 0 Å². The highest BCUT2D eigenvalue weighted by molar-refractivity contribution is 9.10. The van der Waals surface area contributed by atoms with Crippen molar-refractivity contribution in [3.63, 3.8) is 0 Å². The summed E-state index contributed by atoms with van der Waals surface area (Å²) in [4.78, 5) is 3.90. The zero-order valence-electron chi connectivity index (χ0n) is 4.78. The van der Waals surface area contributed by atoms with E-state index in [2.05, 4.69) is 20.9 Å². The molecule has 0 aromatic carbocycles. The van der Waals surface area contributed by atoms with Crippen molar-refractivity contribution in [1.29, 1.82) is 0 Å². The third-order valence-electron chi connectivity index (χ3n) is 0.788. The van der Waals surface area contributed by atoms with Crippen LogP contribution in [0.5, 0.6) is 0 Å². The Bertz CT molecular complexity index is 285. The Hall–Kier alpha value is 0.0600. The minimum absolute atomic E-state index is 0.0472. The first-order valence-corrected chi connectivity index (χ1v) is 5.44. The molecule has 0 spiro atoms. The normalized spacial score (nSPS) is 10.6. The molecular formula is C4H4BrNO2S2. The first-order valence-electron chi connectivity index (χ1n) is 2.40. The van der Waals surface area contributed by atoms with Crippen LogP contribution in [0.2, 0.25) is 0 Å². The second kappa shape index (κ2) is 3.45. The summed E-state index contributed by atoms with van der Waals surface area (Å²) < 4.78 is 21.0. The molecule has 56 valence electrons. The number of aromatic nitrogens is 1. The number of halogens is 1. The van der Waals surface area contributed by atoms with Gasteiger partial charge in [-0.25, -0.2) is 13.4 Å². The van der Waals surface area contributed by atoms with E-state index in [0.29, 0.717) is 9.61 Å². The van der Waals surface area contributed by atoms with E-state index in [4.69, 9.17) is 0 Å². The summed E-state index contributed by atoms with van der Waals surface area (Å²) in [5.41, 5.74) is 0. The molecular weight excluding hydrogens is 238 g/mol. The number of thiol groups is 1. The molecule has 10 heavy (non-hydrogen) atoms. The van der Waals surface area contributed by atoms with Gasteiger partial charge in [0, 0.05) is 5.38 Å². The van der Waals surface area contributed by atoms with Crippen molar-refractivity contribution in [2.45, 2.75) is 5.75 Å². The average molecular weight is 242 g/mol. The molecule has 0 saturated carbocycles. The molecule has 0 radical (unpaired) electrons. The molecule has 1 aromatic heterocycles. The van der Waals surface area contributed by atoms with Gasteiger partial charge in [0.05, 0.1) is 5.75 Å². The highest BCUT2D eigenvalue weighted by atomic mass is 79.9. The molecule has 0 aliphatic rings. The van der Waals surface area contributed by atoms with Gasteiger partial charge in [-0.05, 0) is 15.9 Å². The average Bonchev–Trinajstić information content (AvgIpc) is 2.13. The molecule has 0 atom stereocenters. The van der Waals surface area contributed by atoms with E-state index in [1.54, 1.807) is 5.38 Å². The lowest BCUT2D eigenvalue weighted by Crippen LogP contribution is -1.83. The smallest absolute Gasteiger partial charge is 0.146 e. The minimum Gasteiger partial charge on any atom is -0.233 e. The van der Waals surface area contributed by atoms with Crippen LogP contribution in [0.15, 0.2) is 9.98 Å². The number of hydrogen-bond donors (Lipinski definition) is 1. The monoisotopic (exact) mass is 241 g/mol. The van der Waals surface area contributed by atoms with E-state index in [-0.39, 0.29) is 5.75 Å². The summed E-state index contributed by atoms with van der Waals surface area (Å²) in [6.07, 6.45) is 0. The van der Waals surface area contributed by atoms with Gasteiger partial charge in [-0.3, -0.25) is 0 Å². The van der Waals surface area contributed by atoms with Crippen molar-refractivity contribution in [2.75, 3.05) is 0 Å². The van der Waals surface area contributed by atoms with Crippen LogP contribution in [0.3, 0.4) is 0 Å². The zero-order valence-corrected chi connectivity index (χ0v) is 8.08. The molecule has 0 fully saturated rings. The zero-order chi connectivity index (χ0) is 7.56. The standard InChI is InChI=1S/C4H4BrNO2S2/c5-3-1-9-4(6-3)2-10(7)8/h1,10H,2H2. The van der Waals surface area contributed by atoms with Crippen LogP contribution in [0, 0.1) is 0 Å². The van der Waals surface area contributed by atoms with E-state index < -0.39 is 10.7 Å². The topological polar surface area (TPSA) is 47.0 Å². The van der Waals surface area contributed by atoms with Crippen molar-refractivity contribution in [2.24, 2.45) is 0 Å². The maximum absolute atomic E-state index is 10.2. The maximum Gasteiger partial charge on any atom is 0.146 e. The predicted molar refractivity (Wildman–Crippen MR) is 43.8 cm³/mol. The van der Waals surface area contributed by atoms with Crippen LogP contribution in [0.1, 0.15) is 5.01 Å². The molecule has 0 amide bonds. The largest absolute Gasteiger partial charge is 0.233 e. The van der Waals surface area contributed by atoms with E-state index in [0.717, 1.165) is 0 Å². The van der Waals surface area contributed by atoms with Crippen LogP contribution >= 0.6 is 27.3 Å². The van der Waals surface area contributed by atoms with Crippen LogP contribution in [0.4, 0.5) is 0 Å². The Morgan fingerprint density at radius 3 is 2.80 bits per heavy atom. The van der Waals surface area contributed by atoms with Crippen molar-refractivity contribution in [3.8, 4) is 0 Å². The molecule has 1 rings (SSSR count). The molecule has 0 saturated heterocycles. The summed E-state index contributed by atoms with van der Waals surface area (Å²) >= 11 is 4.46. The van der Waals surface area contributed by atoms with E-state index in [9.17, 15) is 8.42 Å². The molecule has 0 N–H and O–H groups in total. The van der Waals surface area contributed by atoms with Gasteiger partial charge >= 0.3 is 0 Å². The van der Waals surface area contributed by atoms with Crippen LogP contribution < -0.4 is 0 Å². The molecule has 0 aliphatic carbocycles. The molecule has 0 bridgehead atoms. The van der Waals surface area contributed by atoms with Crippen LogP contribution in [-0.4, -0.2) is 13.4 Å². The molecule has 6 heteroatoms. The summed E-state index contributed by atoms with van der Waals surface area (Å²) in [6.45, 7) is 0. The number of hydrogen-bond acceptors (Lipinski definition) is 4. The van der Waals surface area contributed by atoms with Gasteiger partial charge in [0.1, 0.15) is 20.3 Å². The quantitative estimate of drug-likeness (QED) is 0.787. The first kappa shape index (κ1) is 8.16. The lowest BCUT2D eigenvalue weighted by molar-refractivity contribution is 0.614. The third-order valence-corrected chi connectivity index (χ3v) is 3.12. The Morgan fingerprint density at radius 2 is 2.40 bits per heavy atom. The van der Waals surface area contributed by atoms with Gasteiger partial charge in [-0.1, -0.05) is 0 Å². The lowest BCUT2D eigenvalue weighted by atomic mass is 10.8. The van der Waals surface area contributed by atoms with Crippen LogP contribution in [-0.2, 0) is 16.5 Å². The molecule has 1 heterocycles. The van der Waals surface area contributed by atoms with Crippen LogP contribution in [0.25, 0.3) is 0 Å². The summed E-state index contributed by atoms with van der Waals surface area (Å²) in [5.74, 6) is 0.0472. The number of rotatable bonds is 2.